The van der Waals surface area contributed by atoms with Gasteiger partial charge in [0.1, 0.15) is 0 Å². The summed E-state index contributed by atoms with van der Waals surface area (Å²) in [5, 5.41) is 16.7. The molecule has 0 spiro atoms. The number of aliphatic hydroxyl groups excluding tert-OH is 1. The number of hydrogen-bond acceptors (Lipinski definition) is 3. The molecule has 0 radical (unpaired) electrons. The molecule has 1 saturated heterocycles. The molecule has 0 aromatic heterocycles. The van der Waals surface area contributed by atoms with Gasteiger partial charge in [0.25, 0.3) is 0 Å². The Bertz CT molecular complexity index is 458. The van der Waals surface area contributed by atoms with Crippen LogP contribution in [0.5, 0.6) is 0 Å². The number of nitrogens with one attached hydrogen (secondary N) is 2. The summed E-state index contributed by atoms with van der Waals surface area (Å²) in [6.45, 7) is 6.66. The Morgan fingerprint density at radius 2 is 1.96 bits per heavy atom. The fourth-order valence-corrected chi connectivity index (χ4v) is 5.28. The summed E-state index contributed by atoms with van der Waals surface area (Å²) in [7, 11) is 1.85. The van der Waals surface area contributed by atoms with Crippen molar-refractivity contribution in [3.63, 3.8) is 0 Å². The molecule has 3 aliphatic rings. The predicted octanol–water partition coefficient (Wildman–Crippen LogP) is 2.92. The molecule has 3 atom stereocenters. The van der Waals surface area contributed by atoms with E-state index in [1.807, 2.05) is 7.05 Å². The van der Waals surface area contributed by atoms with Gasteiger partial charge in [-0.1, -0.05) is 33.1 Å². The van der Waals surface area contributed by atoms with E-state index >= 15 is 0 Å². The Morgan fingerprint density at radius 3 is 2.60 bits per heavy atom. The molecule has 3 fully saturated rings. The first kappa shape index (κ1) is 21.2. The van der Waals surface area contributed by atoms with Crippen molar-refractivity contribution in [2.75, 3.05) is 26.8 Å². The van der Waals surface area contributed by atoms with Crippen molar-refractivity contribution in [1.82, 2.24) is 10.6 Å². The van der Waals surface area contributed by atoms with Crippen LogP contribution in [-0.2, 0) is 4.74 Å². The van der Waals surface area contributed by atoms with Crippen LogP contribution in [0.4, 0.5) is 0 Å². The summed E-state index contributed by atoms with van der Waals surface area (Å²) < 4.78 is 5.89. The molecule has 3 rings (SSSR count). The van der Waals surface area contributed by atoms with Gasteiger partial charge < -0.3 is 20.5 Å². The predicted molar refractivity (Wildman–Crippen MR) is 113 cm³/mol. The molecule has 3 unspecified atom stereocenters. The normalized spacial score (nSPS) is 33.0. The third-order valence-corrected chi connectivity index (χ3v) is 6.80. The second-order valence-electron chi connectivity index (χ2n) is 8.65. The van der Waals surface area contributed by atoms with Crippen LogP contribution in [0.3, 0.4) is 0 Å². The SMILES string of the molecule is CN=C(NCC1(CCO)CCCCC1)NC1C2CCOC2C1(C)C.I. The van der Waals surface area contributed by atoms with E-state index < -0.39 is 0 Å². The largest absolute Gasteiger partial charge is 0.396 e. The minimum atomic E-state index is 0. The van der Waals surface area contributed by atoms with Crippen molar-refractivity contribution < 1.29 is 9.84 Å². The van der Waals surface area contributed by atoms with Gasteiger partial charge >= 0.3 is 0 Å². The van der Waals surface area contributed by atoms with Crippen LogP contribution in [0.25, 0.3) is 0 Å². The molecule has 0 amide bonds. The maximum Gasteiger partial charge on any atom is 0.191 e. The second kappa shape index (κ2) is 8.74. The van der Waals surface area contributed by atoms with Gasteiger partial charge in [0.2, 0.25) is 0 Å². The zero-order valence-electron chi connectivity index (χ0n) is 16.0. The highest BCUT2D eigenvalue weighted by Gasteiger charge is 2.59. The zero-order chi connectivity index (χ0) is 17.2. The maximum absolute atomic E-state index is 9.48. The van der Waals surface area contributed by atoms with E-state index in [9.17, 15) is 5.11 Å². The van der Waals surface area contributed by atoms with Crippen LogP contribution >= 0.6 is 24.0 Å². The molecule has 146 valence electrons. The third kappa shape index (κ3) is 4.26. The molecule has 1 heterocycles. The number of aliphatic imine (C=N–C) groups is 1. The van der Waals surface area contributed by atoms with Crippen LogP contribution in [0.2, 0.25) is 0 Å². The number of halogens is 1. The zero-order valence-corrected chi connectivity index (χ0v) is 18.3. The van der Waals surface area contributed by atoms with Gasteiger partial charge in [-0.05, 0) is 31.1 Å². The number of hydrogen-bond donors (Lipinski definition) is 3. The van der Waals surface area contributed by atoms with Gasteiger partial charge in [0.05, 0.1) is 6.10 Å². The van der Waals surface area contributed by atoms with Crippen molar-refractivity contribution in [3.8, 4) is 0 Å². The molecule has 3 N–H and O–H groups in total. The number of guanidine groups is 1. The molecule has 25 heavy (non-hydrogen) atoms. The summed E-state index contributed by atoms with van der Waals surface area (Å²) in [5.74, 6) is 1.51. The Balaban J connectivity index is 0.00000225. The smallest absolute Gasteiger partial charge is 0.191 e. The molecule has 2 saturated carbocycles. The summed E-state index contributed by atoms with van der Waals surface area (Å²) in [5.41, 5.74) is 0.394. The molecule has 0 bridgehead atoms. The highest BCUT2D eigenvalue weighted by molar-refractivity contribution is 14.0. The molecule has 1 aliphatic heterocycles. The Morgan fingerprint density at radius 1 is 1.24 bits per heavy atom. The summed E-state index contributed by atoms with van der Waals surface area (Å²) in [4.78, 5) is 4.46. The lowest BCUT2D eigenvalue weighted by Gasteiger charge is -2.55. The van der Waals surface area contributed by atoms with E-state index in [-0.39, 0.29) is 41.4 Å². The minimum absolute atomic E-state index is 0. The summed E-state index contributed by atoms with van der Waals surface area (Å²) in [6.07, 6.45) is 8.76. The Labute approximate surface area is 169 Å². The van der Waals surface area contributed by atoms with Gasteiger partial charge in [0.15, 0.2) is 5.96 Å². The molecule has 5 nitrogen and oxygen atoms in total. The van der Waals surface area contributed by atoms with Gasteiger partial charge in [-0.25, -0.2) is 0 Å². The minimum Gasteiger partial charge on any atom is -0.396 e. The lowest BCUT2D eigenvalue weighted by atomic mass is 9.57. The summed E-state index contributed by atoms with van der Waals surface area (Å²) >= 11 is 0. The summed E-state index contributed by atoms with van der Waals surface area (Å²) in [6, 6.07) is 0.427. The van der Waals surface area contributed by atoms with Crippen molar-refractivity contribution in [1.29, 1.82) is 0 Å². The maximum atomic E-state index is 9.48. The number of ether oxygens (including phenoxy) is 1. The first-order valence-electron chi connectivity index (χ1n) is 9.72. The molecule has 0 aromatic rings. The van der Waals surface area contributed by atoms with Gasteiger partial charge in [-0.3, -0.25) is 4.99 Å². The lowest BCUT2D eigenvalue weighted by Crippen LogP contribution is -2.68. The van der Waals surface area contributed by atoms with Gasteiger partial charge in [-0.15, -0.1) is 24.0 Å². The van der Waals surface area contributed by atoms with Crippen molar-refractivity contribution in [3.05, 3.63) is 0 Å². The lowest BCUT2D eigenvalue weighted by molar-refractivity contribution is -0.106. The molecular weight excluding hydrogens is 429 g/mol. The highest BCUT2D eigenvalue weighted by atomic mass is 127. The molecule has 2 aliphatic carbocycles. The average Bonchev–Trinajstić information content (AvgIpc) is 3.03. The van der Waals surface area contributed by atoms with Crippen LogP contribution in [0.1, 0.15) is 58.8 Å². The van der Waals surface area contributed by atoms with E-state index in [1.165, 1.54) is 32.1 Å². The van der Waals surface area contributed by atoms with Gasteiger partial charge in [-0.2, -0.15) is 0 Å². The van der Waals surface area contributed by atoms with Crippen molar-refractivity contribution >= 4 is 29.9 Å². The highest BCUT2D eigenvalue weighted by Crippen LogP contribution is 2.52. The Hall–Kier alpha value is -0.0800. The number of aliphatic hydroxyl groups is 1. The number of fused-ring (bicyclic) bond motifs is 1. The number of rotatable bonds is 5. The quantitative estimate of drug-likeness (QED) is 0.332. The fraction of sp³-hybridized carbons (Fsp3) is 0.947. The third-order valence-electron chi connectivity index (χ3n) is 6.80. The fourth-order valence-electron chi connectivity index (χ4n) is 5.28. The van der Waals surface area contributed by atoms with Crippen molar-refractivity contribution in [2.45, 2.75) is 70.9 Å². The van der Waals surface area contributed by atoms with Crippen LogP contribution < -0.4 is 10.6 Å². The van der Waals surface area contributed by atoms with E-state index in [2.05, 4.69) is 29.5 Å². The second-order valence-corrected chi connectivity index (χ2v) is 8.65. The molecule has 6 heteroatoms. The number of nitrogens with zero attached hydrogens (tertiary/aromatic N) is 1. The average molecular weight is 465 g/mol. The van der Waals surface area contributed by atoms with E-state index in [4.69, 9.17) is 4.74 Å². The molecule has 0 aromatic carbocycles. The topological polar surface area (TPSA) is 65.9 Å². The van der Waals surface area contributed by atoms with Crippen LogP contribution in [0, 0.1) is 16.7 Å². The molecular formula is C19H36IN3O2. The Kier molecular flexibility index (Phi) is 7.42. The van der Waals surface area contributed by atoms with E-state index in [0.717, 1.165) is 32.0 Å². The monoisotopic (exact) mass is 465 g/mol. The van der Waals surface area contributed by atoms with Crippen LogP contribution in [-0.4, -0.2) is 50.0 Å². The first-order valence-corrected chi connectivity index (χ1v) is 9.72. The standard InChI is InChI=1S/C19H35N3O2.HI/c1-18(2)15(14-7-12-24-16(14)18)22-17(20-3)21-13-19(10-11-23)8-5-4-6-9-19;/h14-16,23H,4-13H2,1-3H3,(H2,20,21,22);1H. The van der Waals surface area contributed by atoms with Crippen LogP contribution in [0.15, 0.2) is 4.99 Å². The van der Waals surface area contributed by atoms with Crippen molar-refractivity contribution in [2.24, 2.45) is 21.7 Å². The van der Waals surface area contributed by atoms with E-state index in [0.29, 0.717) is 18.1 Å². The van der Waals surface area contributed by atoms with E-state index in [1.54, 1.807) is 0 Å². The van der Waals surface area contributed by atoms with Gasteiger partial charge in [0, 0.05) is 44.2 Å². The first-order chi connectivity index (χ1) is 11.5.